The van der Waals surface area contributed by atoms with Gasteiger partial charge in [-0.25, -0.2) is 0 Å². The first kappa shape index (κ1) is 12.7. The van der Waals surface area contributed by atoms with Crippen molar-refractivity contribution < 1.29 is 14.6 Å². The molecule has 0 aliphatic carbocycles. The molecule has 1 aromatic rings. The van der Waals surface area contributed by atoms with E-state index in [0.29, 0.717) is 19.4 Å². The first-order valence-electron chi connectivity index (χ1n) is 5.39. The van der Waals surface area contributed by atoms with E-state index in [9.17, 15) is 9.90 Å². The molecule has 1 rings (SSSR count). The summed E-state index contributed by atoms with van der Waals surface area (Å²) in [6, 6.07) is 7.44. The minimum atomic E-state index is -0.708. The molecule has 0 aliphatic heterocycles. The molecule has 0 radical (unpaired) electrons. The quantitative estimate of drug-likeness (QED) is 0.748. The molecule has 0 heterocycles. The van der Waals surface area contributed by atoms with Gasteiger partial charge in [-0.15, -0.1) is 0 Å². The zero-order valence-corrected chi connectivity index (χ0v) is 9.77. The van der Waals surface area contributed by atoms with Crippen LogP contribution in [0.2, 0.25) is 0 Å². The predicted octanol–water partition coefficient (Wildman–Crippen LogP) is 1.97. The third-order valence-corrected chi connectivity index (χ3v) is 2.20. The van der Waals surface area contributed by atoms with E-state index in [-0.39, 0.29) is 0 Å². The van der Waals surface area contributed by atoms with Gasteiger partial charge >= 0.3 is 0 Å². The van der Waals surface area contributed by atoms with Gasteiger partial charge in [0.15, 0.2) is 0 Å². The molecule has 0 saturated heterocycles. The highest BCUT2D eigenvalue weighted by atomic mass is 16.5. The predicted molar refractivity (Wildman–Crippen MR) is 62.6 cm³/mol. The summed E-state index contributed by atoms with van der Waals surface area (Å²) in [4.78, 5) is 10.4. The van der Waals surface area contributed by atoms with Crippen LogP contribution in [0, 0.1) is 0 Å². The van der Waals surface area contributed by atoms with E-state index in [1.54, 1.807) is 13.8 Å². The minimum absolute atomic E-state index is 0.405. The molecule has 0 fully saturated rings. The highest BCUT2D eigenvalue weighted by Crippen LogP contribution is 2.15. The maximum Gasteiger partial charge on any atom is 0.124 e. The fourth-order valence-corrected chi connectivity index (χ4v) is 1.28. The van der Waals surface area contributed by atoms with Crippen LogP contribution in [0.3, 0.4) is 0 Å². The van der Waals surface area contributed by atoms with Crippen LogP contribution in [0.1, 0.15) is 25.8 Å². The van der Waals surface area contributed by atoms with Crippen LogP contribution in [0.25, 0.3) is 0 Å². The Morgan fingerprint density at radius 1 is 1.44 bits per heavy atom. The van der Waals surface area contributed by atoms with Crippen LogP contribution < -0.4 is 4.74 Å². The maximum absolute atomic E-state index is 10.4. The van der Waals surface area contributed by atoms with E-state index < -0.39 is 5.60 Å². The Kier molecular flexibility index (Phi) is 4.50. The molecule has 16 heavy (non-hydrogen) atoms. The van der Waals surface area contributed by atoms with Crippen LogP contribution in [0.15, 0.2) is 24.3 Å². The highest BCUT2D eigenvalue weighted by Gasteiger charge is 2.11. The monoisotopic (exact) mass is 222 g/mol. The van der Waals surface area contributed by atoms with Gasteiger partial charge in [-0.1, -0.05) is 12.1 Å². The summed E-state index contributed by atoms with van der Waals surface area (Å²) in [6.45, 7) is 3.96. The van der Waals surface area contributed by atoms with Crippen molar-refractivity contribution in [2.75, 3.05) is 6.61 Å². The fourth-order valence-electron chi connectivity index (χ4n) is 1.28. The van der Waals surface area contributed by atoms with Gasteiger partial charge < -0.3 is 14.6 Å². The molecule has 0 aromatic heterocycles. The lowest BCUT2D eigenvalue weighted by molar-refractivity contribution is -0.107. The minimum Gasteiger partial charge on any atom is -0.493 e. The van der Waals surface area contributed by atoms with E-state index in [2.05, 4.69) is 0 Å². The molecular formula is C13H18O3. The van der Waals surface area contributed by atoms with E-state index >= 15 is 0 Å². The Morgan fingerprint density at radius 3 is 2.81 bits per heavy atom. The van der Waals surface area contributed by atoms with Crippen molar-refractivity contribution in [1.82, 2.24) is 0 Å². The largest absolute Gasteiger partial charge is 0.493 e. The molecule has 0 saturated carbocycles. The van der Waals surface area contributed by atoms with E-state index in [1.165, 1.54) is 0 Å². The normalized spacial score (nSPS) is 11.2. The topological polar surface area (TPSA) is 46.5 Å². The van der Waals surface area contributed by atoms with Crippen molar-refractivity contribution >= 4 is 6.29 Å². The molecule has 0 atom stereocenters. The van der Waals surface area contributed by atoms with Crippen LogP contribution in [-0.2, 0) is 11.2 Å². The molecule has 0 unspecified atom stereocenters. The van der Waals surface area contributed by atoms with Gasteiger partial charge in [-0.05, 0) is 31.5 Å². The molecule has 0 aliphatic rings. The summed E-state index contributed by atoms with van der Waals surface area (Å²) in [5.41, 5.74) is 0.233. The molecule has 0 bridgehead atoms. The number of aliphatic hydroxyl groups is 1. The number of carbonyl (C=O) groups excluding carboxylic acids is 1. The molecule has 0 spiro atoms. The summed E-state index contributed by atoms with van der Waals surface area (Å²) in [5.74, 6) is 0.739. The zero-order valence-electron chi connectivity index (χ0n) is 9.77. The van der Waals surface area contributed by atoms with Crippen molar-refractivity contribution in [2.45, 2.75) is 32.3 Å². The molecule has 3 nitrogen and oxygen atoms in total. The lowest BCUT2D eigenvalue weighted by Crippen LogP contribution is -2.21. The fraction of sp³-hybridized carbons (Fsp3) is 0.462. The smallest absolute Gasteiger partial charge is 0.124 e. The van der Waals surface area contributed by atoms with Crippen molar-refractivity contribution in [2.24, 2.45) is 0 Å². The number of aldehydes is 1. The highest BCUT2D eigenvalue weighted by molar-refractivity contribution is 5.55. The lowest BCUT2D eigenvalue weighted by atomic mass is 10.1. The Balaban J connectivity index is 2.47. The van der Waals surface area contributed by atoms with Crippen LogP contribution >= 0.6 is 0 Å². The van der Waals surface area contributed by atoms with Crippen molar-refractivity contribution in [3.8, 4) is 5.75 Å². The van der Waals surface area contributed by atoms with Gasteiger partial charge in [0.05, 0.1) is 12.2 Å². The van der Waals surface area contributed by atoms with Gasteiger partial charge in [0.2, 0.25) is 0 Å². The van der Waals surface area contributed by atoms with Gasteiger partial charge in [-0.3, -0.25) is 0 Å². The Hall–Kier alpha value is -1.35. The summed E-state index contributed by atoms with van der Waals surface area (Å²) in [5, 5.41) is 9.51. The SMILES string of the molecule is CC(C)(O)CCOc1cccc(CC=O)c1. The number of hydrogen-bond donors (Lipinski definition) is 1. The van der Waals surface area contributed by atoms with Gasteiger partial charge in [0.25, 0.3) is 0 Å². The van der Waals surface area contributed by atoms with Crippen LogP contribution in [0.4, 0.5) is 0 Å². The number of ether oxygens (including phenoxy) is 1. The molecule has 88 valence electrons. The standard InChI is InChI=1S/C13H18O3/c1-13(2,15)7-9-16-12-5-3-4-11(10-12)6-8-14/h3-5,8,10,15H,6-7,9H2,1-2H3. The molecule has 3 heteroatoms. The average Bonchev–Trinajstić information content (AvgIpc) is 2.17. The first-order chi connectivity index (χ1) is 7.51. The molecule has 1 aromatic carbocycles. The number of benzene rings is 1. The van der Waals surface area contributed by atoms with Crippen LogP contribution in [0.5, 0.6) is 5.75 Å². The number of hydrogen-bond acceptors (Lipinski definition) is 3. The van der Waals surface area contributed by atoms with Gasteiger partial charge in [0.1, 0.15) is 12.0 Å². The average molecular weight is 222 g/mol. The number of carbonyl (C=O) groups is 1. The Morgan fingerprint density at radius 2 is 2.19 bits per heavy atom. The van der Waals surface area contributed by atoms with E-state index in [0.717, 1.165) is 17.6 Å². The maximum atomic E-state index is 10.4. The van der Waals surface area contributed by atoms with Crippen molar-refractivity contribution in [3.05, 3.63) is 29.8 Å². The first-order valence-corrected chi connectivity index (χ1v) is 5.39. The summed E-state index contributed by atoms with van der Waals surface area (Å²) in [7, 11) is 0. The second-order valence-electron chi connectivity index (χ2n) is 4.43. The zero-order chi connectivity index (χ0) is 12.0. The third kappa shape index (κ3) is 4.94. The third-order valence-electron chi connectivity index (χ3n) is 2.20. The second-order valence-corrected chi connectivity index (χ2v) is 4.43. The Labute approximate surface area is 96.1 Å². The summed E-state index contributed by atoms with van der Waals surface area (Å²) >= 11 is 0. The lowest BCUT2D eigenvalue weighted by Gasteiger charge is -2.17. The second kappa shape index (κ2) is 5.66. The van der Waals surface area contributed by atoms with E-state index in [4.69, 9.17) is 4.74 Å². The van der Waals surface area contributed by atoms with Gasteiger partial charge in [-0.2, -0.15) is 0 Å². The summed E-state index contributed by atoms with van der Waals surface area (Å²) < 4.78 is 5.49. The molecule has 0 amide bonds. The van der Waals surface area contributed by atoms with Gasteiger partial charge in [0, 0.05) is 12.8 Å². The molecular weight excluding hydrogens is 204 g/mol. The Bertz CT molecular complexity index is 339. The van der Waals surface area contributed by atoms with Crippen LogP contribution in [-0.4, -0.2) is 23.6 Å². The van der Waals surface area contributed by atoms with E-state index in [1.807, 2.05) is 24.3 Å². The summed E-state index contributed by atoms with van der Waals surface area (Å²) in [6.07, 6.45) is 1.85. The number of rotatable bonds is 6. The molecule has 1 N–H and O–H groups in total. The van der Waals surface area contributed by atoms with Crippen molar-refractivity contribution in [3.63, 3.8) is 0 Å². The van der Waals surface area contributed by atoms with Crippen molar-refractivity contribution in [1.29, 1.82) is 0 Å².